The number of benzene rings is 8. The summed E-state index contributed by atoms with van der Waals surface area (Å²) in [6, 6.07) is 63.4. The molecule has 2 aliphatic rings. The van der Waals surface area contributed by atoms with Gasteiger partial charge in [0.05, 0.1) is 5.69 Å². The lowest BCUT2D eigenvalue weighted by Crippen LogP contribution is -2.18. The van der Waals surface area contributed by atoms with Crippen molar-refractivity contribution in [3.8, 4) is 44.5 Å². The second kappa shape index (κ2) is 11.9. The van der Waals surface area contributed by atoms with Crippen LogP contribution in [0.4, 0.5) is 17.1 Å². The zero-order valence-corrected chi connectivity index (χ0v) is 31.6. The van der Waals surface area contributed by atoms with E-state index < -0.39 is 0 Å². The summed E-state index contributed by atoms with van der Waals surface area (Å²) in [7, 11) is 0. The standard InChI is InChI=1S/C53H43N/c1-34-29-39(38-24-23-35-15-9-10-18-37(35)30-38)31-46(36-16-7-6-8-17-36)51(34)54(40-25-27-44-42-19-11-13-21-47(42)52(2,3)49(44)32-40)41-26-28-45-43-20-12-14-22-48(43)53(4,5)50(45)33-41/h6-33H,1-5H3. The van der Waals surface area contributed by atoms with Crippen LogP contribution in [0.25, 0.3) is 55.3 Å². The molecule has 1 nitrogen and oxygen atoms in total. The minimum absolute atomic E-state index is 0.119. The Morgan fingerprint density at radius 2 is 0.870 bits per heavy atom. The molecule has 0 fully saturated rings. The number of anilines is 3. The number of hydrogen-bond acceptors (Lipinski definition) is 1. The molecule has 1 heteroatoms. The average molecular weight is 694 g/mol. The third kappa shape index (κ3) is 4.85. The van der Waals surface area contributed by atoms with Gasteiger partial charge in [-0.3, -0.25) is 0 Å². The summed E-state index contributed by atoms with van der Waals surface area (Å²) >= 11 is 0. The molecule has 0 saturated heterocycles. The second-order valence-electron chi connectivity index (χ2n) is 16.3. The highest BCUT2D eigenvalue weighted by Crippen LogP contribution is 2.54. The maximum absolute atomic E-state index is 2.54. The lowest BCUT2D eigenvalue weighted by atomic mass is 9.82. The zero-order chi connectivity index (χ0) is 36.8. The van der Waals surface area contributed by atoms with Gasteiger partial charge in [-0.25, -0.2) is 0 Å². The molecular formula is C53H43N. The van der Waals surface area contributed by atoms with Crippen molar-refractivity contribution in [2.75, 3.05) is 4.90 Å². The first-order valence-corrected chi connectivity index (χ1v) is 19.2. The van der Waals surface area contributed by atoms with Crippen LogP contribution in [0.15, 0.2) is 170 Å². The maximum Gasteiger partial charge on any atom is 0.0569 e. The molecule has 0 N–H and O–H groups in total. The van der Waals surface area contributed by atoms with Crippen LogP contribution < -0.4 is 4.90 Å². The van der Waals surface area contributed by atoms with E-state index in [-0.39, 0.29) is 10.8 Å². The molecule has 0 aliphatic heterocycles. The van der Waals surface area contributed by atoms with Gasteiger partial charge in [-0.1, -0.05) is 155 Å². The van der Waals surface area contributed by atoms with Crippen molar-refractivity contribution in [3.63, 3.8) is 0 Å². The summed E-state index contributed by atoms with van der Waals surface area (Å²) in [4.78, 5) is 2.54. The van der Waals surface area contributed by atoms with Crippen molar-refractivity contribution in [2.45, 2.75) is 45.4 Å². The predicted molar refractivity (Wildman–Crippen MR) is 229 cm³/mol. The molecule has 54 heavy (non-hydrogen) atoms. The van der Waals surface area contributed by atoms with Crippen LogP contribution >= 0.6 is 0 Å². The summed E-state index contributed by atoms with van der Waals surface area (Å²) < 4.78 is 0. The quantitative estimate of drug-likeness (QED) is 0.173. The first kappa shape index (κ1) is 32.5. The van der Waals surface area contributed by atoms with E-state index in [1.54, 1.807) is 0 Å². The van der Waals surface area contributed by atoms with E-state index >= 15 is 0 Å². The van der Waals surface area contributed by atoms with Crippen LogP contribution in [-0.2, 0) is 10.8 Å². The highest BCUT2D eigenvalue weighted by molar-refractivity contribution is 5.96. The first-order chi connectivity index (χ1) is 26.2. The lowest BCUT2D eigenvalue weighted by molar-refractivity contribution is 0.660. The fourth-order valence-corrected chi connectivity index (χ4v) is 9.52. The minimum Gasteiger partial charge on any atom is -0.310 e. The monoisotopic (exact) mass is 693 g/mol. The van der Waals surface area contributed by atoms with E-state index in [0.29, 0.717) is 0 Å². The van der Waals surface area contributed by atoms with Gasteiger partial charge in [-0.2, -0.15) is 0 Å². The van der Waals surface area contributed by atoms with Gasteiger partial charge in [0.1, 0.15) is 0 Å². The van der Waals surface area contributed by atoms with Crippen molar-refractivity contribution >= 4 is 27.8 Å². The summed E-state index contributed by atoms with van der Waals surface area (Å²) in [6.07, 6.45) is 0. The van der Waals surface area contributed by atoms with E-state index in [4.69, 9.17) is 0 Å². The Morgan fingerprint density at radius 1 is 0.352 bits per heavy atom. The van der Waals surface area contributed by atoms with Crippen LogP contribution in [0.2, 0.25) is 0 Å². The molecule has 0 radical (unpaired) electrons. The third-order valence-corrected chi connectivity index (χ3v) is 12.3. The Bertz CT molecular complexity index is 2680. The number of rotatable bonds is 5. The Kier molecular flexibility index (Phi) is 7.17. The van der Waals surface area contributed by atoms with Gasteiger partial charge < -0.3 is 4.90 Å². The predicted octanol–water partition coefficient (Wildman–Crippen LogP) is 14.6. The molecule has 8 aromatic rings. The van der Waals surface area contributed by atoms with Crippen LogP contribution in [0.3, 0.4) is 0 Å². The van der Waals surface area contributed by atoms with Crippen LogP contribution in [0.1, 0.15) is 55.5 Å². The molecule has 10 rings (SSSR count). The van der Waals surface area contributed by atoms with Crippen molar-refractivity contribution in [1.82, 2.24) is 0 Å². The second-order valence-corrected chi connectivity index (χ2v) is 16.3. The summed E-state index contributed by atoms with van der Waals surface area (Å²) in [5.41, 5.74) is 20.2. The fourth-order valence-electron chi connectivity index (χ4n) is 9.52. The van der Waals surface area contributed by atoms with Crippen molar-refractivity contribution in [3.05, 3.63) is 198 Å². The smallest absolute Gasteiger partial charge is 0.0569 e. The first-order valence-electron chi connectivity index (χ1n) is 19.2. The molecular weight excluding hydrogens is 651 g/mol. The van der Waals surface area contributed by atoms with Gasteiger partial charge in [-0.15, -0.1) is 0 Å². The number of aryl methyl sites for hydroxylation is 1. The van der Waals surface area contributed by atoms with E-state index in [0.717, 1.165) is 0 Å². The Morgan fingerprint density at radius 3 is 1.48 bits per heavy atom. The topological polar surface area (TPSA) is 3.24 Å². The van der Waals surface area contributed by atoms with Gasteiger partial charge in [0.15, 0.2) is 0 Å². The van der Waals surface area contributed by atoms with Gasteiger partial charge in [0.2, 0.25) is 0 Å². The largest absolute Gasteiger partial charge is 0.310 e. The summed E-state index contributed by atoms with van der Waals surface area (Å²) in [5, 5.41) is 2.51. The van der Waals surface area contributed by atoms with Crippen LogP contribution in [0, 0.1) is 6.92 Å². The summed E-state index contributed by atoms with van der Waals surface area (Å²) in [5.74, 6) is 0. The molecule has 2 aliphatic carbocycles. The Hall–Kier alpha value is -6.18. The highest BCUT2D eigenvalue weighted by Gasteiger charge is 2.38. The Balaban J connectivity index is 1.23. The average Bonchev–Trinajstić information content (AvgIpc) is 3.57. The molecule has 0 aromatic heterocycles. The van der Waals surface area contributed by atoms with Crippen molar-refractivity contribution in [1.29, 1.82) is 0 Å². The molecule has 0 bridgehead atoms. The van der Waals surface area contributed by atoms with E-state index in [9.17, 15) is 0 Å². The summed E-state index contributed by atoms with van der Waals surface area (Å²) in [6.45, 7) is 11.8. The van der Waals surface area contributed by atoms with E-state index in [2.05, 4.69) is 209 Å². The SMILES string of the molecule is Cc1cc(-c2ccc3ccccc3c2)cc(-c2ccccc2)c1N(c1ccc2c(c1)C(C)(C)c1ccccc1-2)c1ccc2c(c1)C(C)(C)c1ccccc1-2. The van der Waals surface area contributed by atoms with Gasteiger partial charge in [0.25, 0.3) is 0 Å². The molecule has 8 aromatic carbocycles. The molecule has 0 unspecified atom stereocenters. The molecule has 260 valence electrons. The molecule has 0 atom stereocenters. The third-order valence-electron chi connectivity index (χ3n) is 12.3. The fraction of sp³-hybridized carbons (Fsp3) is 0.132. The maximum atomic E-state index is 2.54. The zero-order valence-electron chi connectivity index (χ0n) is 31.6. The van der Waals surface area contributed by atoms with Crippen molar-refractivity contribution in [2.24, 2.45) is 0 Å². The van der Waals surface area contributed by atoms with Gasteiger partial charge >= 0.3 is 0 Å². The molecule has 0 saturated carbocycles. The van der Waals surface area contributed by atoms with Crippen molar-refractivity contribution < 1.29 is 0 Å². The van der Waals surface area contributed by atoms with Crippen LogP contribution in [-0.4, -0.2) is 0 Å². The van der Waals surface area contributed by atoms with E-state index in [1.807, 2.05) is 0 Å². The Labute approximate surface area is 319 Å². The number of fused-ring (bicyclic) bond motifs is 7. The minimum atomic E-state index is -0.119. The highest BCUT2D eigenvalue weighted by atomic mass is 15.1. The number of hydrogen-bond donors (Lipinski definition) is 0. The molecule has 0 heterocycles. The molecule has 0 amide bonds. The lowest BCUT2D eigenvalue weighted by Gasteiger charge is -2.32. The molecule has 0 spiro atoms. The number of nitrogens with zero attached hydrogens (tertiary/aromatic N) is 1. The van der Waals surface area contributed by atoms with Crippen LogP contribution in [0.5, 0.6) is 0 Å². The van der Waals surface area contributed by atoms with Gasteiger partial charge in [-0.05, 0) is 127 Å². The van der Waals surface area contributed by atoms with E-state index in [1.165, 1.54) is 100 Å². The van der Waals surface area contributed by atoms with Gasteiger partial charge in [0, 0.05) is 27.8 Å². The normalized spacial score (nSPS) is 14.3.